The van der Waals surface area contributed by atoms with E-state index >= 15 is 0 Å². The van der Waals surface area contributed by atoms with E-state index in [4.69, 9.17) is 5.73 Å². The minimum absolute atomic E-state index is 0.00730. The van der Waals surface area contributed by atoms with Gasteiger partial charge in [0.15, 0.2) is 0 Å². The van der Waals surface area contributed by atoms with Crippen molar-refractivity contribution in [3.8, 4) is 5.75 Å². The lowest BCUT2D eigenvalue weighted by molar-refractivity contribution is -0.127. The number of Topliss-reactive ketones (excluding diaryl/α,β-unsaturated/α-hetero) is 1. The fraction of sp³-hybridized carbons (Fsp3) is 0.500. The lowest BCUT2D eigenvalue weighted by Gasteiger charge is -2.27. The molecule has 0 amide bonds. The van der Waals surface area contributed by atoms with Crippen LogP contribution >= 0.6 is 0 Å². The maximum Gasteiger partial charge on any atom is 0.144 e. The minimum atomic E-state index is -0.363. The third-order valence-electron chi connectivity index (χ3n) is 3.97. The summed E-state index contributed by atoms with van der Waals surface area (Å²) in [5, 5.41) is 9.19. The number of rotatable bonds is 3. The summed E-state index contributed by atoms with van der Waals surface area (Å²) in [5.41, 5.74) is 6.61. The van der Waals surface area contributed by atoms with E-state index in [9.17, 15) is 9.90 Å². The van der Waals surface area contributed by atoms with Crippen LogP contribution in [0.15, 0.2) is 24.3 Å². The lowest BCUT2D eigenvalue weighted by Crippen LogP contribution is -2.41. The van der Waals surface area contributed by atoms with Crippen LogP contribution in [0.4, 0.5) is 0 Å². The third-order valence-corrected chi connectivity index (χ3v) is 3.97. The Morgan fingerprint density at radius 3 is 2.65 bits per heavy atom. The van der Waals surface area contributed by atoms with Gasteiger partial charge in [0.25, 0.3) is 0 Å². The maximum absolute atomic E-state index is 12.3. The van der Waals surface area contributed by atoms with Crippen LogP contribution in [0.1, 0.15) is 31.7 Å². The monoisotopic (exact) mass is 233 g/mol. The molecule has 1 aromatic rings. The zero-order valence-electron chi connectivity index (χ0n) is 10.1. The van der Waals surface area contributed by atoms with Gasteiger partial charge in [-0.2, -0.15) is 0 Å². The summed E-state index contributed by atoms with van der Waals surface area (Å²) in [6.07, 6.45) is 3.28. The number of phenols is 1. The first kappa shape index (κ1) is 12.1. The van der Waals surface area contributed by atoms with Crippen molar-refractivity contribution in [1.82, 2.24) is 0 Å². The molecule has 0 saturated heterocycles. The fourth-order valence-corrected chi connectivity index (χ4v) is 2.54. The summed E-state index contributed by atoms with van der Waals surface area (Å²) in [5.74, 6) is 0.443. The van der Waals surface area contributed by atoms with Gasteiger partial charge in [0.1, 0.15) is 11.5 Å². The smallest absolute Gasteiger partial charge is 0.144 e. The number of aromatic hydroxyl groups is 1. The second kappa shape index (κ2) is 4.49. The summed E-state index contributed by atoms with van der Waals surface area (Å²) in [4.78, 5) is 12.3. The first-order valence-electron chi connectivity index (χ1n) is 6.09. The van der Waals surface area contributed by atoms with Crippen molar-refractivity contribution in [1.29, 1.82) is 0 Å². The average molecular weight is 233 g/mol. The first-order valence-corrected chi connectivity index (χ1v) is 6.09. The zero-order chi connectivity index (χ0) is 12.5. The molecule has 0 heterocycles. The van der Waals surface area contributed by atoms with Crippen molar-refractivity contribution in [2.24, 2.45) is 11.1 Å². The molecule has 2 unspecified atom stereocenters. The van der Waals surface area contributed by atoms with Crippen LogP contribution in [-0.4, -0.2) is 16.9 Å². The quantitative estimate of drug-likeness (QED) is 0.839. The highest BCUT2D eigenvalue weighted by atomic mass is 16.3. The second-order valence-corrected chi connectivity index (χ2v) is 5.18. The van der Waals surface area contributed by atoms with Gasteiger partial charge in [0.2, 0.25) is 0 Å². The molecule has 1 aliphatic carbocycles. The van der Waals surface area contributed by atoms with Crippen LogP contribution in [0, 0.1) is 5.41 Å². The molecule has 0 spiro atoms. The van der Waals surface area contributed by atoms with Crippen molar-refractivity contribution in [2.75, 3.05) is 0 Å². The van der Waals surface area contributed by atoms with E-state index in [0.717, 1.165) is 24.8 Å². The number of carbonyl (C=O) groups is 1. The Kier molecular flexibility index (Phi) is 3.20. The Labute approximate surface area is 102 Å². The third kappa shape index (κ3) is 2.34. The van der Waals surface area contributed by atoms with E-state index < -0.39 is 0 Å². The van der Waals surface area contributed by atoms with E-state index in [-0.39, 0.29) is 23.0 Å². The van der Waals surface area contributed by atoms with Crippen LogP contribution < -0.4 is 5.73 Å². The van der Waals surface area contributed by atoms with Crippen LogP contribution in [0.5, 0.6) is 5.75 Å². The van der Waals surface area contributed by atoms with E-state index in [1.54, 1.807) is 24.3 Å². The Bertz CT molecular complexity index is 413. The van der Waals surface area contributed by atoms with Gasteiger partial charge in [-0.05, 0) is 30.5 Å². The number of nitrogens with two attached hydrogens (primary N) is 1. The molecule has 1 aromatic carbocycles. The largest absolute Gasteiger partial charge is 0.508 e. The number of carbonyl (C=O) groups excluding carboxylic acids is 1. The van der Waals surface area contributed by atoms with Gasteiger partial charge >= 0.3 is 0 Å². The number of ketones is 1. The number of hydrogen-bond donors (Lipinski definition) is 2. The SMILES string of the molecule is CC1(C(=O)Cc2ccc(O)cc2)CCCC1N. The van der Waals surface area contributed by atoms with Crippen LogP contribution in [0.25, 0.3) is 0 Å². The Hall–Kier alpha value is -1.35. The van der Waals surface area contributed by atoms with Crippen molar-refractivity contribution >= 4 is 5.78 Å². The molecular formula is C14H19NO2. The van der Waals surface area contributed by atoms with E-state index in [1.807, 2.05) is 6.92 Å². The number of phenolic OH excluding ortho intramolecular Hbond substituents is 1. The molecule has 1 saturated carbocycles. The highest BCUT2D eigenvalue weighted by molar-refractivity contribution is 5.87. The molecule has 17 heavy (non-hydrogen) atoms. The maximum atomic E-state index is 12.3. The van der Waals surface area contributed by atoms with Gasteiger partial charge in [-0.25, -0.2) is 0 Å². The standard InChI is InChI=1S/C14H19NO2/c1-14(8-2-3-12(14)15)13(17)9-10-4-6-11(16)7-5-10/h4-7,12,16H,2-3,8-9,15H2,1H3. The van der Waals surface area contributed by atoms with Gasteiger partial charge in [-0.3, -0.25) is 4.79 Å². The molecule has 1 fully saturated rings. The molecule has 1 aliphatic rings. The molecule has 3 nitrogen and oxygen atoms in total. The molecule has 0 bridgehead atoms. The van der Waals surface area contributed by atoms with Gasteiger partial charge < -0.3 is 10.8 Å². The molecule has 3 N–H and O–H groups in total. The predicted molar refractivity (Wildman–Crippen MR) is 66.8 cm³/mol. The molecule has 0 aliphatic heterocycles. The highest BCUT2D eigenvalue weighted by Crippen LogP contribution is 2.38. The van der Waals surface area contributed by atoms with Crippen molar-refractivity contribution in [3.05, 3.63) is 29.8 Å². The van der Waals surface area contributed by atoms with Crippen molar-refractivity contribution in [3.63, 3.8) is 0 Å². The van der Waals surface area contributed by atoms with Gasteiger partial charge in [-0.1, -0.05) is 25.5 Å². The zero-order valence-corrected chi connectivity index (χ0v) is 10.1. The molecule has 0 aromatic heterocycles. The van der Waals surface area contributed by atoms with Crippen LogP contribution in [-0.2, 0) is 11.2 Å². The van der Waals surface area contributed by atoms with Crippen LogP contribution in [0.3, 0.4) is 0 Å². The van der Waals surface area contributed by atoms with E-state index in [0.29, 0.717) is 6.42 Å². The summed E-state index contributed by atoms with van der Waals surface area (Å²) < 4.78 is 0. The van der Waals surface area contributed by atoms with Crippen LogP contribution in [0.2, 0.25) is 0 Å². The van der Waals surface area contributed by atoms with Crippen molar-refractivity contribution < 1.29 is 9.90 Å². The summed E-state index contributed by atoms with van der Waals surface area (Å²) >= 11 is 0. The Morgan fingerprint density at radius 1 is 1.47 bits per heavy atom. The second-order valence-electron chi connectivity index (χ2n) is 5.18. The van der Waals surface area contributed by atoms with E-state index in [2.05, 4.69) is 0 Å². The van der Waals surface area contributed by atoms with Gasteiger partial charge in [0.05, 0.1) is 0 Å². The fourth-order valence-electron chi connectivity index (χ4n) is 2.54. The first-order chi connectivity index (χ1) is 8.02. The topological polar surface area (TPSA) is 63.3 Å². The number of benzene rings is 1. The molecule has 92 valence electrons. The highest BCUT2D eigenvalue weighted by Gasteiger charge is 2.42. The molecule has 0 radical (unpaired) electrons. The predicted octanol–water partition coefficient (Wildman–Crippen LogP) is 2.02. The number of hydrogen-bond acceptors (Lipinski definition) is 3. The van der Waals surface area contributed by atoms with Gasteiger partial charge in [-0.15, -0.1) is 0 Å². The normalized spacial score (nSPS) is 28.2. The summed E-state index contributed by atoms with van der Waals surface area (Å²) in [6, 6.07) is 6.79. The average Bonchev–Trinajstić information content (AvgIpc) is 2.64. The van der Waals surface area contributed by atoms with Crippen molar-refractivity contribution in [2.45, 2.75) is 38.6 Å². The summed E-state index contributed by atoms with van der Waals surface area (Å²) in [6.45, 7) is 1.98. The molecule has 2 rings (SSSR count). The lowest BCUT2D eigenvalue weighted by atomic mass is 9.78. The molecular weight excluding hydrogens is 214 g/mol. The molecule has 3 heteroatoms. The van der Waals surface area contributed by atoms with E-state index in [1.165, 1.54) is 0 Å². The minimum Gasteiger partial charge on any atom is -0.508 e. The molecule has 2 atom stereocenters. The Morgan fingerprint density at radius 2 is 2.12 bits per heavy atom. The summed E-state index contributed by atoms with van der Waals surface area (Å²) in [7, 11) is 0. The Balaban J connectivity index is 2.09. The van der Waals surface area contributed by atoms with Gasteiger partial charge in [0, 0.05) is 17.9 Å².